The van der Waals surface area contributed by atoms with Gasteiger partial charge in [0.05, 0.1) is 13.2 Å². The maximum atomic E-state index is 13.1. The summed E-state index contributed by atoms with van der Waals surface area (Å²) in [5, 5.41) is 7.13. The molecule has 2 aliphatic heterocycles. The highest BCUT2D eigenvalue weighted by Crippen LogP contribution is 2.23. The molecular weight excluding hydrogens is 446 g/mol. The number of hydrogen-bond donors (Lipinski definition) is 2. The highest BCUT2D eigenvalue weighted by Gasteiger charge is 2.20. The molecule has 1 aromatic carbocycles. The third-order valence-electron chi connectivity index (χ3n) is 6.43. The van der Waals surface area contributed by atoms with Crippen LogP contribution in [0.1, 0.15) is 24.5 Å². The van der Waals surface area contributed by atoms with E-state index in [1.165, 1.54) is 11.1 Å². The maximum Gasteiger partial charge on any atom is 0.278 e. The number of aromatic nitrogens is 5. The van der Waals surface area contributed by atoms with Gasteiger partial charge in [-0.1, -0.05) is 12.1 Å². The molecule has 0 saturated carbocycles. The second kappa shape index (κ2) is 9.12. The molecule has 0 bridgehead atoms. The van der Waals surface area contributed by atoms with Gasteiger partial charge in [-0.3, -0.25) is 4.79 Å². The first kappa shape index (κ1) is 21.8. The van der Waals surface area contributed by atoms with Crippen LogP contribution in [0.25, 0.3) is 16.9 Å². The van der Waals surface area contributed by atoms with Crippen LogP contribution in [0.4, 0.5) is 11.6 Å². The number of rotatable bonds is 6. The van der Waals surface area contributed by atoms with Crippen molar-refractivity contribution in [2.24, 2.45) is 0 Å². The molecule has 0 spiro atoms. The third-order valence-corrected chi connectivity index (χ3v) is 6.43. The van der Waals surface area contributed by atoms with E-state index in [0.29, 0.717) is 48.4 Å². The quantitative estimate of drug-likeness (QED) is 0.440. The van der Waals surface area contributed by atoms with E-state index in [-0.39, 0.29) is 11.7 Å². The molecule has 3 aromatic heterocycles. The topological polar surface area (TPSA) is 108 Å². The molecule has 5 heterocycles. The Hall–Kier alpha value is -3.76. The smallest absolute Gasteiger partial charge is 0.278 e. The number of ether oxygens (including phenoxy) is 2. The van der Waals surface area contributed by atoms with Crippen molar-refractivity contribution in [3.05, 3.63) is 64.1 Å². The monoisotopic (exact) mass is 473 g/mol. The highest BCUT2D eigenvalue weighted by molar-refractivity contribution is 5.77. The Labute approximate surface area is 201 Å². The van der Waals surface area contributed by atoms with E-state index in [4.69, 9.17) is 14.5 Å². The summed E-state index contributed by atoms with van der Waals surface area (Å²) in [6.45, 7) is 5.48. The summed E-state index contributed by atoms with van der Waals surface area (Å²) < 4.78 is 14.7. The number of nitrogens with one attached hydrogen (secondary N) is 2. The first-order valence-corrected chi connectivity index (χ1v) is 12.0. The zero-order valence-electron chi connectivity index (χ0n) is 19.5. The molecule has 2 N–H and O–H groups in total. The summed E-state index contributed by atoms with van der Waals surface area (Å²) >= 11 is 0. The first-order valence-electron chi connectivity index (χ1n) is 12.0. The van der Waals surface area contributed by atoms with Gasteiger partial charge in [0, 0.05) is 37.5 Å². The fourth-order valence-corrected chi connectivity index (χ4v) is 4.65. The van der Waals surface area contributed by atoms with E-state index in [1.807, 2.05) is 31.2 Å². The van der Waals surface area contributed by atoms with Gasteiger partial charge >= 0.3 is 0 Å². The number of hydrogen-bond acceptors (Lipinski definition) is 8. The lowest BCUT2D eigenvalue weighted by Crippen LogP contribution is -2.23. The maximum absolute atomic E-state index is 13.1. The number of benzene rings is 1. The van der Waals surface area contributed by atoms with Gasteiger partial charge in [0.15, 0.2) is 11.5 Å². The van der Waals surface area contributed by atoms with Crippen molar-refractivity contribution in [2.45, 2.75) is 39.0 Å². The zero-order chi connectivity index (χ0) is 23.8. The summed E-state index contributed by atoms with van der Waals surface area (Å²) in [6.07, 6.45) is 3.38. The van der Waals surface area contributed by atoms with Gasteiger partial charge in [-0.05, 0) is 49.2 Å². The molecule has 1 saturated heterocycles. The first-order chi connectivity index (χ1) is 17.2. The van der Waals surface area contributed by atoms with E-state index in [2.05, 4.69) is 32.7 Å². The Morgan fingerprint density at radius 2 is 2.17 bits per heavy atom. The molecule has 35 heavy (non-hydrogen) atoms. The third kappa shape index (κ3) is 4.15. The lowest BCUT2D eigenvalue weighted by Gasteiger charge is -2.18. The van der Waals surface area contributed by atoms with E-state index in [1.54, 1.807) is 15.6 Å². The predicted molar refractivity (Wildman–Crippen MR) is 132 cm³/mol. The molecule has 1 atom stereocenters. The molecule has 2 aliphatic rings. The van der Waals surface area contributed by atoms with Crippen LogP contribution in [0.15, 0.2) is 47.4 Å². The van der Waals surface area contributed by atoms with Gasteiger partial charge in [0.1, 0.15) is 11.5 Å². The average molecular weight is 474 g/mol. The Morgan fingerprint density at radius 1 is 1.23 bits per heavy atom. The molecule has 10 nitrogen and oxygen atoms in total. The van der Waals surface area contributed by atoms with Crippen LogP contribution in [0.5, 0.6) is 5.88 Å². The van der Waals surface area contributed by atoms with Crippen molar-refractivity contribution in [2.75, 3.05) is 25.1 Å². The van der Waals surface area contributed by atoms with Crippen molar-refractivity contribution < 1.29 is 9.47 Å². The lowest BCUT2D eigenvalue weighted by molar-refractivity contribution is 0.138. The summed E-state index contributed by atoms with van der Waals surface area (Å²) in [7, 11) is 0. The summed E-state index contributed by atoms with van der Waals surface area (Å²) in [4.78, 5) is 26.9. The largest absolute Gasteiger partial charge is 0.472 e. The zero-order valence-corrected chi connectivity index (χ0v) is 19.5. The second-order valence-electron chi connectivity index (χ2n) is 8.74. The van der Waals surface area contributed by atoms with Crippen molar-refractivity contribution in [1.82, 2.24) is 29.6 Å². The van der Waals surface area contributed by atoms with Gasteiger partial charge in [0.2, 0.25) is 11.8 Å². The van der Waals surface area contributed by atoms with E-state index < -0.39 is 0 Å². The minimum Gasteiger partial charge on any atom is -0.472 e. The Morgan fingerprint density at radius 3 is 3.03 bits per heavy atom. The Balaban J connectivity index is 1.38. The normalized spacial score (nSPS) is 17.5. The summed E-state index contributed by atoms with van der Waals surface area (Å²) in [5.41, 5.74) is 3.88. The van der Waals surface area contributed by atoms with Crippen LogP contribution in [-0.2, 0) is 24.2 Å². The number of fused-ring (bicyclic) bond motifs is 2. The highest BCUT2D eigenvalue weighted by atomic mass is 16.5. The van der Waals surface area contributed by atoms with Crippen LogP contribution < -0.4 is 20.9 Å². The van der Waals surface area contributed by atoms with E-state index >= 15 is 0 Å². The molecule has 0 amide bonds. The second-order valence-corrected chi connectivity index (χ2v) is 8.74. The van der Waals surface area contributed by atoms with Crippen molar-refractivity contribution in [3.8, 4) is 11.7 Å². The molecule has 1 unspecified atom stereocenters. The van der Waals surface area contributed by atoms with Crippen LogP contribution in [-0.4, -0.2) is 50.2 Å². The summed E-state index contributed by atoms with van der Waals surface area (Å²) in [6, 6.07) is 11.8. The van der Waals surface area contributed by atoms with Gasteiger partial charge in [0.25, 0.3) is 5.56 Å². The average Bonchev–Trinajstić information content (AvgIpc) is 3.49. The fourth-order valence-electron chi connectivity index (χ4n) is 4.65. The van der Waals surface area contributed by atoms with Crippen LogP contribution >= 0.6 is 0 Å². The molecular formula is C25H27N7O3. The van der Waals surface area contributed by atoms with Gasteiger partial charge < -0.3 is 20.1 Å². The Bertz CT molecular complexity index is 1440. The SMILES string of the molecule is CCn1c(=O)c2cnc(Nc3ccc4c(c3)CCNC4)nc2n1-c1cccc(OC2CCOC2)n1. The fraction of sp³-hybridized carbons (Fsp3) is 0.360. The Kier molecular flexibility index (Phi) is 5.67. The molecule has 180 valence electrons. The molecule has 4 aromatic rings. The van der Waals surface area contributed by atoms with Crippen molar-refractivity contribution in [1.29, 1.82) is 0 Å². The van der Waals surface area contributed by atoms with Gasteiger partial charge in [-0.2, -0.15) is 9.97 Å². The minimum atomic E-state index is -0.160. The molecule has 0 aliphatic carbocycles. The van der Waals surface area contributed by atoms with Crippen molar-refractivity contribution in [3.63, 3.8) is 0 Å². The lowest BCUT2D eigenvalue weighted by atomic mass is 10.0. The predicted octanol–water partition coefficient (Wildman–Crippen LogP) is 2.55. The minimum absolute atomic E-state index is 0.0157. The number of nitrogens with zero attached hydrogens (tertiary/aromatic N) is 5. The standard InChI is InChI=1S/C25H27N7O3/c1-2-31-24(33)20-14-27-25(28-18-7-6-17-13-26-10-8-16(17)12-18)30-23(20)32(31)21-4-3-5-22(29-21)35-19-9-11-34-15-19/h3-7,12,14,19,26H,2,8-11,13,15H2,1H3,(H,27,28,30). The number of anilines is 2. The summed E-state index contributed by atoms with van der Waals surface area (Å²) in [5.74, 6) is 1.47. The van der Waals surface area contributed by atoms with Gasteiger partial charge in [-0.25, -0.2) is 14.3 Å². The van der Waals surface area contributed by atoms with E-state index in [0.717, 1.165) is 31.6 Å². The van der Waals surface area contributed by atoms with Gasteiger partial charge in [-0.15, -0.1) is 0 Å². The van der Waals surface area contributed by atoms with Crippen LogP contribution in [0.2, 0.25) is 0 Å². The van der Waals surface area contributed by atoms with Crippen LogP contribution in [0, 0.1) is 0 Å². The van der Waals surface area contributed by atoms with Crippen LogP contribution in [0.3, 0.4) is 0 Å². The van der Waals surface area contributed by atoms with E-state index in [9.17, 15) is 4.79 Å². The molecule has 10 heteroatoms. The molecule has 6 rings (SSSR count). The molecule has 1 fully saturated rings. The number of pyridine rings is 1. The van der Waals surface area contributed by atoms with Crippen molar-refractivity contribution >= 4 is 22.7 Å². The molecule has 0 radical (unpaired) electrons.